The Morgan fingerprint density at radius 3 is 2.90 bits per heavy atom. The summed E-state index contributed by atoms with van der Waals surface area (Å²) in [5, 5.41) is 17.4. The normalized spacial score (nSPS) is 21.0. The summed E-state index contributed by atoms with van der Waals surface area (Å²) in [6.07, 6.45) is 5.37. The minimum atomic E-state index is -0.847. The second-order valence-corrected chi connectivity index (χ2v) is 2.56. The Kier molecular flexibility index (Phi) is 2.47. The Hall–Kier alpha value is -0.810. The summed E-state index contributed by atoms with van der Waals surface area (Å²) in [7, 11) is 0. The molecule has 0 bridgehead atoms. The lowest BCUT2D eigenvalue weighted by atomic mass is 9.96. The van der Waals surface area contributed by atoms with E-state index in [4.69, 9.17) is 10.4 Å². The van der Waals surface area contributed by atoms with Gasteiger partial charge in [-0.05, 0) is 31.3 Å². The van der Waals surface area contributed by atoms with Gasteiger partial charge in [0.15, 0.2) is 6.10 Å². The minimum Gasteiger partial charge on any atom is -0.374 e. The molecule has 2 nitrogen and oxygen atoms in total. The molecule has 0 unspecified atom stereocenters. The molecular formula is C8H11NO. The molecule has 0 aromatic carbocycles. The first-order valence-electron chi connectivity index (χ1n) is 3.61. The molecule has 0 saturated carbocycles. The second kappa shape index (κ2) is 3.38. The van der Waals surface area contributed by atoms with Crippen molar-refractivity contribution in [2.45, 2.75) is 31.8 Å². The van der Waals surface area contributed by atoms with E-state index in [0.29, 0.717) is 0 Å². The maximum atomic E-state index is 9.05. The predicted octanol–water partition coefficient (Wildman–Crippen LogP) is 1.37. The van der Waals surface area contributed by atoms with Gasteiger partial charge in [-0.25, -0.2) is 0 Å². The van der Waals surface area contributed by atoms with E-state index in [2.05, 4.69) is 0 Å². The number of hydrogen-bond donors (Lipinski definition) is 1. The first-order chi connectivity index (χ1) is 4.84. The van der Waals surface area contributed by atoms with E-state index in [-0.39, 0.29) is 0 Å². The lowest BCUT2D eigenvalue weighted by Crippen LogP contribution is -2.09. The summed E-state index contributed by atoms with van der Waals surface area (Å²) < 4.78 is 0. The van der Waals surface area contributed by atoms with E-state index in [1.165, 1.54) is 6.42 Å². The molecule has 0 heterocycles. The van der Waals surface area contributed by atoms with Crippen molar-refractivity contribution < 1.29 is 5.11 Å². The molecule has 0 aromatic heterocycles. The van der Waals surface area contributed by atoms with Crippen LogP contribution in [0.25, 0.3) is 0 Å². The van der Waals surface area contributed by atoms with Crippen LogP contribution in [0.2, 0.25) is 0 Å². The maximum Gasteiger partial charge on any atom is 0.161 e. The lowest BCUT2D eigenvalue weighted by molar-refractivity contribution is 0.258. The van der Waals surface area contributed by atoms with Crippen LogP contribution in [0.1, 0.15) is 25.7 Å². The van der Waals surface area contributed by atoms with Gasteiger partial charge < -0.3 is 5.11 Å². The smallest absolute Gasteiger partial charge is 0.161 e. The molecule has 1 aliphatic carbocycles. The van der Waals surface area contributed by atoms with E-state index in [1.54, 1.807) is 0 Å². The molecule has 54 valence electrons. The van der Waals surface area contributed by atoms with Crippen LogP contribution in [0.15, 0.2) is 11.6 Å². The first kappa shape index (κ1) is 7.30. The summed E-state index contributed by atoms with van der Waals surface area (Å²) in [4.78, 5) is 0. The van der Waals surface area contributed by atoms with Crippen LogP contribution in [0.5, 0.6) is 0 Å². The van der Waals surface area contributed by atoms with Crippen LogP contribution in [0.3, 0.4) is 0 Å². The molecular weight excluding hydrogens is 126 g/mol. The van der Waals surface area contributed by atoms with Crippen molar-refractivity contribution in [3.05, 3.63) is 11.6 Å². The van der Waals surface area contributed by atoms with Crippen LogP contribution >= 0.6 is 0 Å². The fourth-order valence-corrected chi connectivity index (χ4v) is 1.19. The van der Waals surface area contributed by atoms with Gasteiger partial charge >= 0.3 is 0 Å². The monoisotopic (exact) mass is 137 g/mol. The van der Waals surface area contributed by atoms with Gasteiger partial charge in [0, 0.05) is 0 Å². The lowest BCUT2D eigenvalue weighted by Gasteiger charge is -2.12. The van der Waals surface area contributed by atoms with Gasteiger partial charge in [0.05, 0.1) is 6.07 Å². The van der Waals surface area contributed by atoms with Crippen molar-refractivity contribution in [2.24, 2.45) is 0 Å². The van der Waals surface area contributed by atoms with Gasteiger partial charge in [0.2, 0.25) is 0 Å². The van der Waals surface area contributed by atoms with Crippen LogP contribution < -0.4 is 0 Å². The zero-order valence-electron chi connectivity index (χ0n) is 5.88. The van der Waals surface area contributed by atoms with Crippen LogP contribution in [0.4, 0.5) is 0 Å². The average Bonchev–Trinajstić information content (AvgIpc) is 2.05. The van der Waals surface area contributed by atoms with Crippen LogP contribution in [-0.2, 0) is 0 Å². The molecule has 1 atom stereocenters. The van der Waals surface area contributed by atoms with E-state index >= 15 is 0 Å². The molecule has 1 aliphatic rings. The molecule has 0 spiro atoms. The number of hydrogen-bond acceptors (Lipinski definition) is 2. The van der Waals surface area contributed by atoms with Gasteiger partial charge in [-0.15, -0.1) is 0 Å². The number of rotatable bonds is 1. The Labute approximate surface area is 60.8 Å². The average molecular weight is 137 g/mol. The van der Waals surface area contributed by atoms with Gasteiger partial charge in [-0.3, -0.25) is 0 Å². The summed E-state index contributed by atoms with van der Waals surface area (Å²) >= 11 is 0. The summed E-state index contributed by atoms with van der Waals surface area (Å²) in [6.45, 7) is 0. The Bertz CT molecular complexity index is 178. The molecule has 0 aliphatic heterocycles. The summed E-state index contributed by atoms with van der Waals surface area (Å²) in [6, 6.07) is 1.82. The molecule has 0 saturated heterocycles. The molecule has 0 fully saturated rings. The molecule has 1 N–H and O–H groups in total. The zero-order valence-corrected chi connectivity index (χ0v) is 5.88. The summed E-state index contributed by atoms with van der Waals surface area (Å²) in [5.41, 5.74) is 0.911. The van der Waals surface area contributed by atoms with Crippen molar-refractivity contribution in [2.75, 3.05) is 0 Å². The fraction of sp³-hybridized carbons (Fsp3) is 0.625. The van der Waals surface area contributed by atoms with E-state index < -0.39 is 6.10 Å². The third kappa shape index (κ3) is 1.58. The third-order valence-electron chi connectivity index (χ3n) is 1.80. The number of aliphatic hydroxyl groups is 1. The van der Waals surface area contributed by atoms with Gasteiger partial charge in [-0.1, -0.05) is 6.08 Å². The highest BCUT2D eigenvalue weighted by Gasteiger charge is 2.11. The molecule has 10 heavy (non-hydrogen) atoms. The van der Waals surface area contributed by atoms with Crippen molar-refractivity contribution in [3.63, 3.8) is 0 Å². The Balaban J connectivity index is 2.55. The van der Waals surface area contributed by atoms with Crippen molar-refractivity contribution in [1.29, 1.82) is 5.26 Å². The largest absolute Gasteiger partial charge is 0.374 e. The summed E-state index contributed by atoms with van der Waals surface area (Å²) in [5.74, 6) is 0. The van der Waals surface area contributed by atoms with E-state index in [1.807, 2.05) is 12.1 Å². The fourth-order valence-electron chi connectivity index (χ4n) is 1.19. The standard InChI is InChI=1S/C8H11NO/c9-6-8(10)7-4-2-1-3-5-7/h4,8,10H,1-3,5H2/t8-/m0/s1. The molecule has 1 rings (SSSR count). The van der Waals surface area contributed by atoms with Crippen molar-refractivity contribution in [1.82, 2.24) is 0 Å². The topological polar surface area (TPSA) is 44.0 Å². The molecule has 0 aromatic rings. The van der Waals surface area contributed by atoms with Crippen LogP contribution in [-0.4, -0.2) is 11.2 Å². The molecule has 2 heteroatoms. The van der Waals surface area contributed by atoms with E-state index in [9.17, 15) is 0 Å². The number of allylic oxidation sites excluding steroid dienone is 1. The van der Waals surface area contributed by atoms with Gasteiger partial charge in [0.1, 0.15) is 0 Å². The quantitative estimate of drug-likeness (QED) is 0.438. The van der Waals surface area contributed by atoms with Crippen molar-refractivity contribution in [3.8, 4) is 6.07 Å². The molecule has 0 amide bonds. The predicted molar refractivity (Wildman–Crippen MR) is 38.2 cm³/mol. The highest BCUT2D eigenvalue weighted by molar-refractivity contribution is 5.17. The first-order valence-corrected chi connectivity index (χ1v) is 3.61. The van der Waals surface area contributed by atoms with E-state index in [0.717, 1.165) is 24.8 Å². The van der Waals surface area contributed by atoms with Gasteiger partial charge in [0.25, 0.3) is 0 Å². The van der Waals surface area contributed by atoms with Gasteiger partial charge in [-0.2, -0.15) is 5.26 Å². The second-order valence-electron chi connectivity index (χ2n) is 2.56. The Morgan fingerprint density at radius 1 is 1.60 bits per heavy atom. The zero-order chi connectivity index (χ0) is 7.40. The number of nitriles is 1. The highest BCUT2D eigenvalue weighted by Crippen LogP contribution is 2.19. The minimum absolute atomic E-state index is 0.847. The van der Waals surface area contributed by atoms with Crippen LogP contribution in [0, 0.1) is 11.3 Å². The molecule has 0 radical (unpaired) electrons. The Morgan fingerprint density at radius 2 is 2.40 bits per heavy atom. The third-order valence-corrected chi connectivity index (χ3v) is 1.80. The number of aliphatic hydroxyl groups excluding tert-OH is 1. The highest BCUT2D eigenvalue weighted by atomic mass is 16.3. The van der Waals surface area contributed by atoms with Crippen molar-refractivity contribution >= 4 is 0 Å². The number of nitrogens with zero attached hydrogens (tertiary/aromatic N) is 1. The maximum absolute atomic E-state index is 9.05. The SMILES string of the molecule is N#C[C@H](O)C1=CCCCC1.